The van der Waals surface area contributed by atoms with Crippen molar-refractivity contribution in [3.63, 3.8) is 0 Å². The molecule has 6 aliphatic rings. The largest absolute Gasteiger partial charge is 0.488 e. The van der Waals surface area contributed by atoms with Crippen LogP contribution in [0.25, 0.3) is 22.3 Å². The SMILES string of the molecule is CC1(Oc2ccc3[nH]nc(-c4cc(N5CCC(CN6CC[C@H](OC7CCN(c8ccc9c(c8F)CN(C8CCC(=O)NC8=O)C9=O)CC7)CC6(C)C)CC5)ncn4)c3c2)CC1. The Bertz CT molecular complexity index is 2350. The van der Waals surface area contributed by atoms with Crippen molar-refractivity contribution < 1.29 is 28.2 Å². The normalized spacial score (nSPS) is 24.7. The van der Waals surface area contributed by atoms with Gasteiger partial charge in [-0.1, -0.05) is 0 Å². The van der Waals surface area contributed by atoms with Gasteiger partial charge in [0.2, 0.25) is 11.8 Å². The summed E-state index contributed by atoms with van der Waals surface area (Å²) < 4.78 is 29.0. The monoisotopic (exact) mass is 833 g/mol. The summed E-state index contributed by atoms with van der Waals surface area (Å²) in [5, 5.41) is 11.1. The van der Waals surface area contributed by atoms with Gasteiger partial charge in [-0.3, -0.25) is 29.7 Å². The molecule has 1 unspecified atom stereocenters. The Morgan fingerprint density at radius 2 is 1.64 bits per heavy atom. The number of benzene rings is 2. The number of aromatic amines is 1. The molecule has 4 aromatic rings. The Hall–Kier alpha value is -5.15. The van der Waals surface area contributed by atoms with Crippen LogP contribution >= 0.6 is 0 Å². The number of halogens is 1. The van der Waals surface area contributed by atoms with Crippen LogP contribution in [0.1, 0.15) is 101 Å². The van der Waals surface area contributed by atoms with Crippen LogP contribution in [0, 0.1) is 11.7 Å². The van der Waals surface area contributed by atoms with Gasteiger partial charge >= 0.3 is 0 Å². The maximum absolute atomic E-state index is 16.0. The number of nitrogens with zero attached hydrogens (tertiary/aromatic N) is 7. The van der Waals surface area contributed by atoms with Gasteiger partial charge < -0.3 is 24.2 Å². The van der Waals surface area contributed by atoms with Gasteiger partial charge in [-0.25, -0.2) is 14.4 Å². The number of ether oxygens (including phenoxy) is 2. The van der Waals surface area contributed by atoms with Crippen LogP contribution in [0.15, 0.2) is 42.7 Å². The number of likely N-dealkylation sites (tertiary alicyclic amines) is 1. The lowest BCUT2D eigenvalue weighted by Gasteiger charge is -2.48. The van der Waals surface area contributed by atoms with E-state index in [1.165, 1.54) is 4.90 Å². The molecule has 0 radical (unpaired) electrons. The minimum absolute atomic E-state index is 0.0165. The molecule has 1 saturated carbocycles. The number of amides is 3. The van der Waals surface area contributed by atoms with Crippen LogP contribution in [-0.4, -0.2) is 116 Å². The van der Waals surface area contributed by atoms with Gasteiger partial charge in [0.25, 0.3) is 5.91 Å². The smallest absolute Gasteiger partial charge is 0.255 e. The van der Waals surface area contributed by atoms with Crippen LogP contribution in [0.3, 0.4) is 0 Å². The number of rotatable bonds is 10. The Kier molecular flexibility index (Phi) is 10.2. The zero-order valence-electron chi connectivity index (χ0n) is 35.4. The first kappa shape index (κ1) is 40.0. The number of H-pyrrole nitrogens is 1. The number of fused-ring (bicyclic) bond motifs is 2. The molecule has 10 rings (SSSR count). The van der Waals surface area contributed by atoms with E-state index in [4.69, 9.17) is 9.47 Å². The van der Waals surface area contributed by atoms with Crippen LogP contribution in [-0.2, 0) is 20.9 Å². The van der Waals surface area contributed by atoms with Crippen LogP contribution in [0.2, 0.25) is 0 Å². The predicted molar refractivity (Wildman–Crippen MR) is 228 cm³/mol. The Morgan fingerprint density at radius 3 is 2.39 bits per heavy atom. The van der Waals surface area contributed by atoms with Gasteiger partial charge in [-0.05, 0) is 115 Å². The molecule has 15 heteroatoms. The highest BCUT2D eigenvalue weighted by atomic mass is 19.1. The molecule has 3 amide bonds. The maximum Gasteiger partial charge on any atom is 0.255 e. The van der Waals surface area contributed by atoms with Crippen molar-refractivity contribution in [1.29, 1.82) is 0 Å². The first-order chi connectivity index (χ1) is 29.4. The molecule has 2 aromatic heterocycles. The number of aromatic nitrogens is 4. The van der Waals surface area contributed by atoms with Crippen LogP contribution in [0.4, 0.5) is 15.9 Å². The van der Waals surface area contributed by atoms with E-state index in [2.05, 4.69) is 73.1 Å². The van der Waals surface area contributed by atoms with E-state index in [0.29, 0.717) is 35.8 Å². The number of hydrogen-bond acceptors (Lipinski definition) is 11. The molecule has 322 valence electrons. The van der Waals surface area contributed by atoms with Gasteiger partial charge in [0.05, 0.1) is 35.7 Å². The molecule has 0 spiro atoms. The lowest BCUT2D eigenvalue weighted by Crippen LogP contribution is -2.54. The quantitative estimate of drug-likeness (QED) is 0.182. The van der Waals surface area contributed by atoms with Crippen molar-refractivity contribution in [2.24, 2.45) is 5.92 Å². The highest BCUT2D eigenvalue weighted by Gasteiger charge is 2.43. The van der Waals surface area contributed by atoms with E-state index < -0.39 is 17.8 Å². The minimum atomic E-state index is -0.768. The van der Waals surface area contributed by atoms with E-state index >= 15 is 4.39 Å². The number of imide groups is 1. The van der Waals surface area contributed by atoms with Gasteiger partial charge in [0.1, 0.15) is 35.2 Å². The van der Waals surface area contributed by atoms with E-state index in [1.807, 2.05) is 12.1 Å². The van der Waals surface area contributed by atoms with E-state index in [-0.39, 0.29) is 54.5 Å². The lowest BCUT2D eigenvalue weighted by atomic mass is 9.85. The summed E-state index contributed by atoms with van der Waals surface area (Å²) in [6.45, 7) is 12.2. The van der Waals surface area contributed by atoms with Gasteiger partial charge in [-0.15, -0.1) is 0 Å². The fourth-order valence-corrected chi connectivity index (χ4v) is 10.3. The maximum atomic E-state index is 16.0. The average molecular weight is 834 g/mol. The van der Waals surface area contributed by atoms with Gasteiger partial charge in [0.15, 0.2) is 5.82 Å². The molecule has 0 bridgehead atoms. The Balaban J connectivity index is 0.693. The summed E-state index contributed by atoms with van der Waals surface area (Å²) in [5.74, 6) is 0.808. The van der Waals surface area contributed by atoms with E-state index in [1.54, 1.807) is 18.5 Å². The number of anilines is 2. The summed E-state index contributed by atoms with van der Waals surface area (Å²) in [5.41, 5.74) is 3.65. The fourth-order valence-electron chi connectivity index (χ4n) is 10.3. The molecular weight excluding hydrogens is 778 g/mol. The number of piperidine rings is 4. The molecule has 61 heavy (non-hydrogen) atoms. The average Bonchev–Trinajstić information content (AvgIpc) is 3.66. The standard InChI is InChI=1S/C46H56FN9O5/c1-45(2)24-31(60-29-12-19-53(20-13-29)37-7-5-32-34(41(37)47)26-56(44(32)59)38-8-9-40(57)50-43(38)58)14-21-55(45)25-28-10-17-54(18-11-28)39-23-36(48-27-49-39)42-33-22-30(61-46(3)15-16-46)4-6-35(33)51-52-42/h4-7,22-23,27-29,31,38H,8-21,24-26H2,1-3H3,(H,51,52)(H,50,57,58)/t31-,38?/m0/s1. The first-order valence-electron chi connectivity index (χ1n) is 22.3. The third-order valence-corrected chi connectivity index (χ3v) is 14.3. The Labute approximate surface area is 355 Å². The third kappa shape index (κ3) is 7.95. The van der Waals surface area contributed by atoms with Crippen molar-refractivity contribution in [1.82, 2.24) is 35.3 Å². The van der Waals surface area contributed by atoms with Gasteiger partial charge in [0, 0.05) is 73.8 Å². The molecule has 2 N–H and O–H groups in total. The fraction of sp³-hybridized carbons (Fsp3) is 0.565. The van der Waals surface area contributed by atoms with Crippen molar-refractivity contribution in [2.75, 3.05) is 49.1 Å². The topological polar surface area (TPSA) is 149 Å². The zero-order valence-corrected chi connectivity index (χ0v) is 35.4. The summed E-state index contributed by atoms with van der Waals surface area (Å²) in [7, 11) is 0. The van der Waals surface area contributed by atoms with E-state index in [9.17, 15) is 14.4 Å². The zero-order chi connectivity index (χ0) is 42.0. The number of hydrogen-bond donors (Lipinski definition) is 2. The second kappa shape index (κ2) is 15.6. The second-order valence-corrected chi connectivity index (χ2v) is 19.0. The van der Waals surface area contributed by atoms with Crippen molar-refractivity contribution >= 4 is 40.1 Å². The van der Waals surface area contributed by atoms with Gasteiger partial charge in [-0.2, -0.15) is 5.10 Å². The molecule has 7 heterocycles. The lowest BCUT2D eigenvalue weighted by molar-refractivity contribution is -0.136. The number of carbonyl (C=O) groups excluding carboxylic acids is 3. The summed E-state index contributed by atoms with van der Waals surface area (Å²) in [6, 6.07) is 10.8. The van der Waals surface area contributed by atoms with Crippen molar-refractivity contribution in [3.05, 3.63) is 59.7 Å². The molecule has 2 aromatic carbocycles. The highest BCUT2D eigenvalue weighted by molar-refractivity contribution is 6.05. The molecule has 14 nitrogen and oxygen atoms in total. The molecule has 2 atom stereocenters. The Morgan fingerprint density at radius 1 is 0.869 bits per heavy atom. The summed E-state index contributed by atoms with van der Waals surface area (Å²) >= 11 is 0. The first-order valence-corrected chi connectivity index (χ1v) is 22.3. The van der Waals surface area contributed by atoms with Crippen molar-refractivity contribution in [3.8, 4) is 17.1 Å². The van der Waals surface area contributed by atoms with Crippen LogP contribution < -0.4 is 19.9 Å². The van der Waals surface area contributed by atoms with Crippen molar-refractivity contribution in [2.45, 2.75) is 121 Å². The van der Waals surface area contributed by atoms with E-state index in [0.717, 1.165) is 111 Å². The highest BCUT2D eigenvalue weighted by Crippen LogP contribution is 2.41. The minimum Gasteiger partial charge on any atom is -0.488 e. The number of nitrogens with one attached hydrogen (secondary N) is 2. The molecule has 5 fully saturated rings. The second-order valence-electron chi connectivity index (χ2n) is 19.0. The number of carbonyl (C=O) groups is 3. The molecular formula is C46H56FN9O5. The third-order valence-electron chi connectivity index (χ3n) is 14.3. The van der Waals surface area contributed by atoms with Crippen LogP contribution in [0.5, 0.6) is 5.75 Å². The molecule has 1 aliphatic carbocycles. The summed E-state index contributed by atoms with van der Waals surface area (Å²) in [4.78, 5) is 55.1. The summed E-state index contributed by atoms with van der Waals surface area (Å²) in [6.07, 6.45) is 10.3. The molecule has 4 saturated heterocycles. The predicted octanol–water partition coefficient (Wildman–Crippen LogP) is 6.00. The molecule has 5 aliphatic heterocycles.